The molecule has 2 heterocycles. The van der Waals surface area contributed by atoms with E-state index < -0.39 is 5.60 Å². The van der Waals surface area contributed by atoms with Gasteiger partial charge in [0.2, 0.25) is 0 Å². The van der Waals surface area contributed by atoms with Crippen molar-refractivity contribution in [3.63, 3.8) is 0 Å². The molecule has 0 radical (unpaired) electrons. The van der Waals surface area contributed by atoms with Gasteiger partial charge in [0.05, 0.1) is 13.2 Å². The van der Waals surface area contributed by atoms with Crippen molar-refractivity contribution in [2.24, 2.45) is 0 Å². The van der Waals surface area contributed by atoms with Crippen molar-refractivity contribution in [1.82, 2.24) is 4.90 Å². The fraction of sp³-hybridized carbons (Fsp3) is 0.562. The smallest absolute Gasteiger partial charge is 0.410 e. The lowest BCUT2D eigenvalue weighted by atomic mass is 9.98. The lowest BCUT2D eigenvalue weighted by Gasteiger charge is -2.27. The van der Waals surface area contributed by atoms with Gasteiger partial charge in [-0.05, 0) is 43.9 Å². The highest BCUT2D eigenvalue weighted by molar-refractivity contribution is 5.68. The van der Waals surface area contributed by atoms with E-state index in [0.717, 1.165) is 6.42 Å². The number of hydrogen-bond acceptors (Lipinski definition) is 3. The topological polar surface area (TPSA) is 38.8 Å². The van der Waals surface area contributed by atoms with Gasteiger partial charge in [0.1, 0.15) is 11.7 Å². The summed E-state index contributed by atoms with van der Waals surface area (Å²) >= 11 is 0. The molecule has 4 heteroatoms. The molecule has 1 unspecified atom stereocenters. The molecule has 4 nitrogen and oxygen atoms in total. The van der Waals surface area contributed by atoms with Gasteiger partial charge in [0.25, 0.3) is 0 Å². The first kappa shape index (κ1) is 13.4. The second-order valence-corrected chi connectivity index (χ2v) is 6.47. The molecule has 0 spiro atoms. The standard InChI is InChI=1S/C16H21NO3/c1-16(2,3)20-15(18)17-8-7-11-5-4-6-12-10-19-13(9-17)14(11)12/h4-6,13H,7-10H2,1-3H3. The van der Waals surface area contributed by atoms with E-state index in [2.05, 4.69) is 18.2 Å². The van der Waals surface area contributed by atoms with Crippen LogP contribution in [0.4, 0.5) is 4.79 Å². The van der Waals surface area contributed by atoms with Crippen molar-refractivity contribution in [3.8, 4) is 0 Å². The SMILES string of the molecule is CC(C)(C)OC(=O)N1CCc2cccc3c2C(C1)OC3. The summed E-state index contributed by atoms with van der Waals surface area (Å²) in [6.07, 6.45) is 0.612. The minimum Gasteiger partial charge on any atom is -0.444 e. The van der Waals surface area contributed by atoms with Crippen LogP contribution in [0.1, 0.15) is 43.6 Å². The van der Waals surface area contributed by atoms with Crippen LogP contribution in [0.5, 0.6) is 0 Å². The number of rotatable bonds is 0. The van der Waals surface area contributed by atoms with Crippen LogP contribution in [-0.4, -0.2) is 29.7 Å². The number of benzene rings is 1. The third-order valence-electron chi connectivity index (χ3n) is 3.74. The minimum atomic E-state index is -0.460. The molecular weight excluding hydrogens is 254 g/mol. The maximum absolute atomic E-state index is 12.2. The van der Waals surface area contributed by atoms with Crippen LogP contribution in [0.3, 0.4) is 0 Å². The van der Waals surface area contributed by atoms with Crippen LogP contribution in [0, 0.1) is 0 Å². The summed E-state index contributed by atoms with van der Waals surface area (Å²) in [4.78, 5) is 14.0. The normalized spacial score (nSPS) is 21.4. The maximum atomic E-state index is 12.2. The molecule has 2 aliphatic heterocycles. The summed E-state index contributed by atoms with van der Waals surface area (Å²) in [6.45, 7) is 7.59. The number of nitrogens with zero attached hydrogens (tertiary/aromatic N) is 1. The van der Waals surface area contributed by atoms with Crippen molar-refractivity contribution in [2.75, 3.05) is 13.1 Å². The second kappa shape index (κ2) is 4.77. The summed E-state index contributed by atoms with van der Waals surface area (Å²) in [5, 5.41) is 0. The molecule has 1 aromatic rings. The predicted molar refractivity (Wildman–Crippen MR) is 75.5 cm³/mol. The lowest BCUT2D eigenvalue weighted by molar-refractivity contribution is 0.00345. The van der Waals surface area contributed by atoms with E-state index >= 15 is 0 Å². The summed E-state index contributed by atoms with van der Waals surface area (Å²) in [5.74, 6) is 0. The van der Waals surface area contributed by atoms with Gasteiger partial charge in [-0.15, -0.1) is 0 Å². The zero-order chi connectivity index (χ0) is 14.3. The van der Waals surface area contributed by atoms with E-state index in [0.29, 0.717) is 19.7 Å². The molecule has 1 amide bonds. The highest BCUT2D eigenvalue weighted by Crippen LogP contribution is 2.36. The Morgan fingerprint density at radius 2 is 2.10 bits per heavy atom. The zero-order valence-electron chi connectivity index (χ0n) is 12.3. The minimum absolute atomic E-state index is 0.00350. The molecule has 0 saturated heterocycles. The number of hydrogen-bond donors (Lipinski definition) is 0. The van der Waals surface area contributed by atoms with Gasteiger partial charge in [-0.25, -0.2) is 4.79 Å². The van der Waals surface area contributed by atoms with Crippen LogP contribution < -0.4 is 0 Å². The third-order valence-corrected chi connectivity index (χ3v) is 3.74. The summed E-state index contributed by atoms with van der Waals surface area (Å²) < 4.78 is 11.3. The largest absolute Gasteiger partial charge is 0.444 e. The Kier molecular flexibility index (Phi) is 3.21. The molecular formula is C16H21NO3. The molecule has 0 bridgehead atoms. The Hall–Kier alpha value is -1.55. The molecule has 2 aliphatic rings. The van der Waals surface area contributed by atoms with E-state index in [1.165, 1.54) is 16.7 Å². The van der Waals surface area contributed by atoms with Crippen molar-refractivity contribution in [2.45, 2.75) is 45.5 Å². The molecule has 0 aliphatic carbocycles. The zero-order valence-corrected chi connectivity index (χ0v) is 12.3. The number of carbonyl (C=O) groups excluding carboxylic acids is 1. The van der Waals surface area contributed by atoms with Gasteiger partial charge in [0, 0.05) is 6.54 Å². The van der Waals surface area contributed by atoms with Crippen LogP contribution in [0.2, 0.25) is 0 Å². The monoisotopic (exact) mass is 275 g/mol. The van der Waals surface area contributed by atoms with E-state index in [1.807, 2.05) is 20.8 Å². The average Bonchev–Trinajstić information content (AvgIpc) is 2.65. The summed E-state index contributed by atoms with van der Waals surface area (Å²) in [6, 6.07) is 6.32. The Morgan fingerprint density at radius 1 is 1.35 bits per heavy atom. The Bertz CT molecular complexity index is 533. The Balaban J connectivity index is 1.80. The molecule has 0 fully saturated rings. The van der Waals surface area contributed by atoms with Crippen LogP contribution in [-0.2, 0) is 22.5 Å². The fourth-order valence-corrected chi connectivity index (χ4v) is 2.88. The van der Waals surface area contributed by atoms with Gasteiger partial charge < -0.3 is 14.4 Å². The van der Waals surface area contributed by atoms with Crippen molar-refractivity contribution in [1.29, 1.82) is 0 Å². The average molecular weight is 275 g/mol. The lowest BCUT2D eigenvalue weighted by Crippen LogP contribution is -2.39. The first-order valence-electron chi connectivity index (χ1n) is 7.14. The molecule has 1 aromatic carbocycles. The number of carbonyl (C=O) groups is 1. The first-order chi connectivity index (χ1) is 9.44. The molecule has 0 N–H and O–H groups in total. The van der Waals surface area contributed by atoms with E-state index in [-0.39, 0.29) is 12.2 Å². The summed E-state index contributed by atoms with van der Waals surface area (Å²) in [5.41, 5.74) is 3.39. The molecule has 1 atom stereocenters. The highest BCUT2D eigenvalue weighted by atomic mass is 16.6. The quantitative estimate of drug-likeness (QED) is 0.730. The van der Waals surface area contributed by atoms with Crippen LogP contribution in [0.15, 0.2) is 18.2 Å². The molecule has 3 rings (SSSR count). The van der Waals surface area contributed by atoms with Gasteiger partial charge in [-0.3, -0.25) is 0 Å². The molecule has 108 valence electrons. The van der Waals surface area contributed by atoms with E-state index in [1.54, 1.807) is 4.90 Å². The van der Waals surface area contributed by atoms with Gasteiger partial charge in [0.15, 0.2) is 0 Å². The molecule has 20 heavy (non-hydrogen) atoms. The maximum Gasteiger partial charge on any atom is 0.410 e. The van der Waals surface area contributed by atoms with Gasteiger partial charge >= 0.3 is 6.09 Å². The number of ether oxygens (including phenoxy) is 2. The first-order valence-corrected chi connectivity index (χ1v) is 7.14. The van der Waals surface area contributed by atoms with Crippen molar-refractivity contribution >= 4 is 6.09 Å². The van der Waals surface area contributed by atoms with E-state index in [9.17, 15) is 4.79 Å². The van der Waals surface area contributed by atoms with Crippen LogP contribution >= 0.6 is 0 Å². The van der Waals surface area contributed by atoms with Crippen LogP contribution in [0.25, 0.3) is 0 Å². The second-order valence-electron chi connectivity index (χ2n) is 6.47. The van der Waals surface area contributed by atoms with Gasteiger partial charge in [-0.2, -0.15) is 0 Å². The predicted octanol–water partition coefficient (Wildman–Crippen LogP) is 3.05. The molecule has 0 saturated carbocycles. The van der Waals surface area contributed by atoms with Crippen molar-refractivity contribution < 1.29 is 14.3 Å². The summed E-state index contributed by atoms with van der Waals surface area (Å²) in [7, 11) is 0. The fourth-order valence-electron chi connectivity index (χ4n) is 2.88. The van der Waals surface area contributed by atoms with Gasteiger partial charge in [-0.1, -0.05) is 18.2 Å². The molecule has 0 aromatic heterocycles. The Labute approximate surface area is 119 Å². The highest BCUT2D eigenvalue weighted by Gasteiger charge is 2.33. The Morgan fingerprint density at radius 3 is 2.85 bits per heavy atom. The third kappa shape index (κ3) is 2.52. The van der Waals surface area contributed by atoms with E-state index in [4.69, 9.17) is 9.47 Å². The number of amides is 1. The van der Waals surface area contributed by atoms with Crippen molar-refractivity contribution in [3.05, 3.63) is 34.9 Å².